The molecule has 27 rings (SSSR count). The number of aromatic nitrogens is 3. The Morgan fingerprint density at radius 3 is 0.822 bits per heavy atom. The van der Waals surface area contributed by atoms with Gasteiger partial charge in [0.25, 0.3) is 0 Å². The maximum Gasteiger partial charge on any atom is 0.0542 e. The lowest BCUT2D eigenvalue weighted by Crippen LogP contribution is -2.10. The second-order valence-electron chi connectivity index (χ2n) is 42.0. The molecule has 0 saturated carbocycles. The van der Waals surface area contributed by atoms with E-state index < -0.39 is 0 Å². The van der Waals surface area contributed by atoms with Gasteiger partial charge >= 0.3 is 0 Å². The fourth-order valence-corrected chi connectivity index (χ4v) is 22.7. The number of fused-ring (bicyclic) bond motifs is 13. The van der Waals surface area contributed by atoms with Crippen LogP contribution in [-0.2, 0) is 16.2 Å². The molecule has 0 aliphatic heterocycles. The van der Waals surface area contributed by atoms with E-state index in [4.69, 9.17) is 0 Å². The molecule has 6 nitrogen and oxygen atoms in total. The molecule has 3 heterocycles. The van der Waals surface area contributed by atoms with Crippen LogP contribution in [0.5, 0.6) is 0 Å². The van der Waals surface area contributed by atoms with Crippen molar-refractivity contribution in [3.8, 4) is 39.3 Å². The first-order chi connectivity index (χ1) is 71.3. The molecule has 6 heteroatoms. The van der Waals surface area contributed by atoms with Crippen molar-refractivity contribution in [2.24, 2.45) is 0 Å². The zero-order valence-corrected chi connectivity index (χ0v) is 83.6. The number of hydrogen-bond acceptors (Lipinski definition) is 3. The molecule has 0 aliphatic rings. The molecule has 0 unspecified atom stereocenters. The summed E-state index contributed by atoms with van der Waals surface area (Å²) in [6.45, 7) is 20.7. The van der Waals surface area contributed by atoms with Gasteiger partial charge in [0.15, 0.2) is 0 Å². The standard InChI is InChI=1S/2C48H38N2.C44H34N2/c1-48(2,3)35-26-28-45-42(31-35)43-32-38(49(36-19-9-5-10-20-36)37-21-11-6-12-22-37)27-29-46(43)50(45)44-25-15-24-40-41(44)30-34-18-13-14-23-39(34)47(40)33-16-7-4-8-17-33;1-48(2,3)36-24-28-45-43(31-36)44-32-40(49(37-16-6-4-7-17-37)38-18-8-5-9-19-38)27-29-46(44)50(45)39-25-22-33(23-26-39)47-41-20-12-10-14-34(41)30-35-15-11-13-21-42(35)47;1-44(2,3)32-21-25-40-37(27-32)38-28-35(45(33-13-6-4-7-14-33)34-15-8-5-9-16-34)22-26-41(38)46(40)39-24-20-31-18-17-29-11-10-12-30-19-23-36(39)43(31)42(29)30/h2*4-32H,1-3H3;4-28H,1-3H3. The van der Waals surface area contributed by atoms with E-state index >= 15 is 0 Å². The first kappa shape index (κ1) is 89.5. The Bertz CT molecular complexity index is 9460. The van der Waals surface area contributed by atoms with Gasteiger partial charge in [0, 0.05) is 100.0 Å². The molecular weight excluding hydrogens is 1770 g/mol. The topological polar surface area (TPSA) is 24.5 Å². The first-order valence-corrected chi connectivity index (χ1v) is 51.0. The van der Waals surface area contributed by atoms with Crippen molar-refractivity contribution in [1.29, 1.82) is 0 Å². The zero-order valence-electron chi connectivity index (χ0n) is 83.6. The second-order valence-corrected chi connectivity index (χ2v) is 42.0. The van der Waals surface area contributed by atoms with Crippen molar-refractivity contribution in [1.82, 2.24) is 13.7 Å². The van der Waals surface area contributed by atoms with Crippen molar-refractivity contribution in [3.05, 3.63) is 520 Å². The Morgan fingerprint density at radius 1 is 0.158 bits per heavy atom. The van der Waals surface area contributed by atoms with E-state index in [1.54, 1.807) is 0 Å². The molecule has 27 aromatic rings. The molecule has 0 aliphatic carbocycles. The van der Waals surface area contributed by atoms with Gasteiger partial charge in [-0.3, -0.25) is 0 Å². The van der Waals surface area contributed by atoms with Crippen LogP contribution < -0.4 is 14.7 Å². The number of benzene rings is 24. The quantitative estimate of drug-likeness (QED) is 0.0801. The molecule has 24 aromatic carbocycles. The average molecular weight is 1880 g/mol. The lowest BCUT2D eigenvalue weighted by Gasteiger charge is -2.25. The van der Waals surface area contributed by atoms with Gasteiger partial charge in [-0.05, 0) is 320 Å². The van der Waals surface area contributed by atoms with E-state index in [1.165, 1.54) is 191 Å². The van der Waals surface area contributed by atoms with Crippen molar-refractivity contribution in [2.75, 3.05) is 14.7 Å². The van der Waals surface area contributed by atoms with E-state index in [0.29, 0.717) is 0 Å². The monoisotopic (exact) mass is 1870 g/mol. The molecule has 146 heavy (non-hydrogen) atoms. The maximum atomic E-state index is 2.49. The van der Waals surface area contributed by atoms with E-state index in [9.17, 15) is 0 Å². The highest BCUT2D eigenvalue weighted by atomic mass is 15.2. The number of rotatable bonds is 14. The third-order valence-corrected chi connectivity index (χ3v) is 29.8. The molecule has 0 saturated heterocycles. The van der Waals surface area contributed by atoms with Crippen LogP contribution in [0.3, 0.4) is 0 Å². The number of nitrogens with zero attached hydrogens (tertiary/aromatic N) is 6. The van der Waals surface area contributed by atoms with Gasteiger partial charge < -0.3 is 28.4 Å². The molecule has 0 bridgehead atoms. The number of anilines is 9. The third kappa shape index (κ3) is 15.9. The molecule has 0 atom stereocenters. The lowest BCUT2D eigenvalue weighted by molar-refractivity contribution is 0.591. The van der Waals surface area contributed by atoms with Crippen LogP contribution >= 0.6 is 0 Å². The van der Waals surface area contributed by atoms with Crippen LogP contribution in [0, 0.1) is 0 Å². The Morgan fingerprint density at radius 2 is 0.438 bits per heavy atom. The Kier molecular flexibility index (Phi) is 22.2. The lowest BCUT2D eigenvalue weighted by atomic mass is 9.86. The van der Waals surface area contributed by atoms with Gasteiger partial charge in [-0.15, -0.1) is 0 Å². The van der Waals surface area contributed by atoms with Crippen molar-refractivity contribution in [3.63, 3.8) is 0 Å². The Balaban J connectivity index is 0.000000114. The highest BCUT2D eigenvalue weighted by Crippen LogP contribution is 2.51. The van der Waals surface area contributed by atoms with Crippen molar-refractivity contribution < 1.29 is 0 Å². The Labute approximate surface area is 852 Å². The number of para-hydroxylation sites is 6. The van der Waals surface area contributed by atoms with Crippen LogP contribution in [0.1, 0.15) is 79.0 Å². The van der Waals surface area contributed by atoms with E-state index in [1.807, 2.05) is 0 Å². The summed E-state index contributed by atoms with van der Waals surface area (Å²) in [5.74, 6) is 0. The third-order valence-electron chi connectivity index (χ3n) is 29.8. The molecule has 700 valence electrons. The van der Waals surface area contributed by atoms with Gasteiger partial charge in [0.2, 0.25) is 0 Å². The fraction of sp³-hybridized carbons (Fsp3) is 0.0857. The molecule has 0 N–H and O–H groups in total. The fourth-order valence-electron chi connectivity index (χ4n) is 22.7. The molecule has 0 spiro atoms. The van der Waals surface area contributed by atoms with Crippen molar-refractivity contribution >= 4 is 192 Å². The van der Waals surface area contributed by atoms with Crippen molar-refractivity contribution in [2.45, 2.75) is 78.6 Å². The largest absolute Gasteiger partial charge is 0.310 e. The normalized spacial score (nSPS) is 12.0. The van der Waals surface area contributed by atoms with Gasteiger partial charge in [-0.25, -0.2) is 0 Å². The smallest absolute Gasteiger partial charge is 0.0542 e. The predicted molar refractivity (Wildman–Crippen MR) is 627 cm³/mol. The molecule has 0 amide bonds. The van der Waals surface area contributed by atoms with Gasteiger partial charge in [-0.1, -0.05) is 366 Å². The summed E-state index contributed by atoms with van der Waals surface area (Å²) in [6.07, 6.45) is 0. The highest BCUT2D eigenvalue weighted by molar-refractivity contribution is 6.26. The summed E-state index contributed by atoms with van der Waals surface area (Å²) in [5.41, 5.74) is 30.1. The van der Waals surface area contributed by atoms with Gasteiger partial charge in [-0.2, -0.15) is 0 Å². The van der Waals surface area contributed by atoms with Crippen LogP contribution in [0.2, 0.25) is 0 Å². The summed E-state index contributed by atoms with van der Waals surface area (Å²) < 4.78 is 7.41. The summed E-state index contributed by atoms with van der Waals surface area (Å²) in [7, 11) is 0. The van der Waals surface area contributed by atoms with E-state index in [2.05, 4.69) is 594 Å². The molecule has 0 fully saturated rings. The summed E-state index contributed by atoms with van der Waals surface area (Å²) >= 11 is 0. The van der Waals surface area contributed by atoms with E-state index in [0.717, 1.165) is 56.9 Å². The SMILES string of the molecule is CC(C)(C)c1ccc2c(c1)c1cc(N(c3ccccc3)c3ccccc3)ccc1n2-c1ccc(-c2c3ccccc3cc3ccccc23)cc1.CC(C)(C)c1ccc2c(c1)c1cc(N(c3ccccc3)c3ccccc3)ccc1n2-c1ccc2ccc3cccc4ccc1c2c34.CC(C)(C)c1ccc2c(c1)c1cc(N(c3ccccc3)c3ccccc3)ccc1n2-c1cccc2c(-c3ccccc3)c3ccccc3cc12. The minimum atomic E-state index is 0.0171. The molecule has 3 aromatic heterocycles. The highest BCUT2D eigenvalue weighted by Gasteiger charge is 2.29. The number of hydrogen-bond donors (Lipinski definition) is 0. The minimum Gasteiger partial charge on any atom is -0.310 e. The van der Waals surface area contributed by atoms with Crippen LogP contribution in [0.25, 0.3) is 180 Å². The van der Waals surface area contributed by atoms with Crippen LogP contribution in [0.15, 0.2) is 504 Å². The minimum absolute atomic E-state index is 0.0171. The second kappa shape index (κ2) is 36.3. The molecule has 0 radical (unpaired) electrons. The average Bonchev–Trinajstić information content (AvgIpc) is 1.50. The summed E-state index contributed by atoms with van der Waals surface area (Å²) in [6, 6.07) is 184. The molecular formula is C140H110N6. The van der Waals surface area contributed by atoms with E-state index in [-0.39, 0.29) is 16.2 Å². The Hall–Kier alpha value is -17.8. The van der Waals surface area contributed by atoms with Gasteiger partial charge in [0.05, 0.1) is 44.5 Å². The maximum absolute atomic E-state index is 2.49. The zero-order chi connectivity index (χ0) is 98.6. The van der Waals surface area contributed by atoms with Crippen LogP contribution in [0.4, 0.5) is 51.2 Å². The summed E-state index contributed by atoms with van der Waals surface area (Å²) in [4.78, 5) is 7.05. The summed E-state index contributed by atoms with van der Waals surface area (Å²) in [5, 5.41) is 25.4. The predicted octanol–water partition coefficient (Wildman–Crippen LogP) is 39.5. The van der Waals surface area contributed by atoms with Crippen LogP contribution in [-0.4, -0.2) is 13.7 Å². The first-order valence-electron chi connectivity index (χ1n) is 51.0. The van der Waals surface area contributed by atoms with Gasteiger partial charge in [0.1, 0.15) is 0 Å².